The Morgan fingerprint density at radius 3 is 2.39 bits per heavy atom. The van der Waals surface area contributed by atoms with Gasteiger partial charge in [-0.3, -0.25) is 9.20 Å². The van der Waals surface area contributed by atoms with Crippen LogP contribution in [0.4, 0.5) is 13.2 Å². The molecule has 0 atom stereocenters. The van der Waals surface area contributed by atoms with Crippen molar-refractivity contribution >= 4 is 15.9 Å². The summed E-state index contributed by atoms with van der Waals surface area (Å²) < 4.78 is 63.4. The van der Waals surface area contributed by atoms with Gasteiger partial charge in [-0.1, -0.05) is 0 Å². The highest BCUT2D eigenvalue weighted by atomic mass is 32.2. The molecular formula is C11H10F3N3O5S. The summed E-state index contributed by atoms with van der Waals surface area (Å²) in [5, 5.41) is 9.83. The van der Waals surface area contributed by atoms with Gasteiger partial charge in [-0.25, -0.2) is 4.98 Å². The van der Waals surface area contributed by atoms with Crippen molar-refractivity contribution in [3.63, 3.8) is 0 Å². The molecule has 0 aliphatic rings. The Hall–Kier alpha value is -2.21. The third-order valence-electron chi connectivity index (χ3n) is 2.62. The molecule has 1 N–H and O–H groups in total. The van der Waals surface area contributed by atoms with Crippen LogP contribution in [-0.4, -0.2) is 33.4 Å². The molecule has 126 valence electrons. The van der Waals surface area contributed by atoms with Gasteiger partial charge in [-0.05, 0) is 19.9 Å². The minimum atomic E-state index is -5.96. The van der Waals surface area contributed by atoms with Crippen molar-refractivity contribution in [1.29, 1.82) is 0 Å². The Balaban J connectivity index is 2.58. The van der Waals surface area contributed by atoms with E-state index in [1.807, 2.05) is 0 Å². The Morgan fingerprint density at radius 1 is 1.26 bits per heavy atom. The van der Waals surface area contributed by atoms with Gasteiger partial charge < -0.3 is 9.29 Å². The van der Waals surface area contributed by atoms with Crippen molar-refractivity contribution in [2.45, 2.75) is 25.0 Å². The minimum absolute atomic E-state index is 0.0697. The molecule has 0 aromatic carbocycles. The van der Waals surface area contributed by atoms with Crippen LogP contribution in [0.2, 0.25) is 0 Å². The second-order valence-corrected chi connectivity index (χ2v) is 6.50. The molecule has 0 saturated heterocycles. The molecule has 0 radical (unpaired) electrons. The van der Waals surface area contributed by atoms with E-state index in [1.165, 1.54) is 26.1 Å². The van der Waals surface area contributed by atoms with Crippen LogP contribution >= 0.6 is 0 Å². The topological polar surface area (TPSA) is 111 Å². The quantitative estimate of drug-likeness (QED) is 0.633. The highest BCUT2D eigenvalue weighted by Gasteiger charge is 2.49. The average Bonchev–Trinajstić information content (AvgIpc) is 2.35. The van der Waals surface area contributed by atoms with Gasteiger partial charge in [0.05, 0.1) is 11.8 Å². The van der Waals surface area contributed by atoms with E-state index in [9.17, 15) is 31.5 Å². The van der Waals surface area contributed by atoms with Gasteiger partial charge in [0.15, 0.2) is 0 Å². The van der Waals surface area contributed by atoms with Crippen LogP contribution in [-0.2, 0) is 15.7 Å². The molecule has 0 aliphatic heterocycles. The van der Waals surface area contributed by atoms with Crippen molar-refractivity contribution in [2.24, 2.45) is 0 Å². The molecule has 0 amide bonds. The third-order valence-corrected chi connectivity index (χ3v) is 3.57. The molecule has 0 bridgehead atoms. The van der Waals surface area contributed by atoms with E-state index >= 15 is 0 Å². The number of halogens is 3. The Bertz CT molecular complexity index is 915. The summed E-state index contributed by atoms with van der Waals surface area (Å²) in [6, 6.07) is 1.78. The maximum atomic E-state index is 12.3. The van der Waals surface area contributed by atoms with E-state index in [4.69, 9.17) is 0 Å². The lowest BCUT2D eigenvalue weighted by Gasteiger charge is -2.16. The van der Waals surface area contributed by atoms with Gasteiger partial charge in [0, 0.05) is 6.20 Å². The molecule has 2 heterocycles. The summed E-state index contributed by atoms with van der Waals surface area (Å²) >= 11 is 0. The summed E-state index contributed by atoms with van der Waals surface area (Å²) in [5.41, 5.74) is -7.91. The molecule has 2 aromatic rings. The van der Waals surface area contributed by atoms with E-state index in [-0.39, 0.29) is 5.69 Å². The molecule has 0 spiro atoms. The second-order valence-electron chi connectivity index (χ2n) is 4.96. The SMILES string of the molecule is CC(C)(O)c1ccn2c(=O)cc(OS(=O)(=O)C(F)(F)F)nc2n1. The Labute approximate surface area is 127 Å². The van der Waals surface area contributed by atoms with Crippen molar-refractivity contribution < 1.29 is 30.9 Å². The van der Waals surface area contributed by atoms with Gasteiger partial charge in [0.25, 0.3) is 5.56 Å². The van der Waals surface area contributed by atoms with E-state index in [2.05, 4.69) is 14.2 Å². The molecule has 8 nitrogen and oxygen atoms in total. The average molecular weight is 353 g/mol. The molecule has 23 heavy (non-hydrogen) atoms. The van der Waals surface area contributed by atoms with Crippen LogP contribution in [0.5, 0.6) is 5.88 Å². The molecule has 0 unspecified atom stereocenters. The molecule has 2 aromatic heterocycles. The lowest BCUT2D eigenvalue weighted by atomic mass is 10.1. The molecule has 0 aliphatic carbocycles. The lowest BCUT2D eigenvalue weighted by molar-refractivity contribution is -0.0501. The normalized spacial score (nSPS) is 13.3. The van der Waals surface area contributed by atoms with Crippen LogP contribution in [0, 0.1) is 0 Å². The van der Waals surface area contributed by atoms with E-state index in [0.29, 0.717) is 6.07 Å². The first kappa shape index (κ1) is 17.1. The maximum Gasteiger partial charge on any atom is 0.534 e. The number of aliphatic hydroxyl groups is 1. The summed E-state index contributed by atoms with van der Waals surface area (Å²) in [7, 11) is -5.96. The number of rotatable bonds is 3. The standard InChI is InChI=1S/C11H10F3N3O5S/c1-10(2,19)6-3-4-17-8(18)5-7(16-9(17)15-6)22-23(20,21)11(12,13)14/h3-5,19H,1-2H3. The van der Waals surface area contributed by atoms with E-state index in [0.717, 1.165) is 4.40 Å². The first-order valence-corrected chi connectivity index (χ1v) is 7.36. The zero-order valence-corrected chi connectivity index (χ0v) is 12.5. The minimum Gasteiger partial charge on any atom is -0.384 e. The van der Waals surface area contributed by atoms with Gasteiger partial charge in [-0.15, -0.1) is 0 Å². The third kappa shape index (κ3) is 3.42. The molecule has 2 rings (SSSR count). The van der Waals surface area contributed by atoms with Crippen molar-refractivity contribution in [2.75, 3.05) is 0 Å². The number of fused-ring (bicyclic) bond motifs is 1. The monoisotopic (exact) mass is 353 g/mol. The smallest absolute Gasteiger partial charge is 0.384 e. The van der Waals surface area contributed by atoms with Crippen molar-refractivity contribution in [1.82, 2.24) is 14.4 Å². The summed E-state index contributed by atoms with van der Waals surface area (Å²) in [6.07, 6.45) is 1.19. The molecule has 0 fully saturated rings. The fourth-order valence-electron chi connectivity index (χ4n) is 1.51. The van der Waals surface area contributed by atoms with Crippen molar-refractivity contribution in [3.05, 3.63) is 34.4 Å². The van der Waals surface area contributed by atoms with Gasteiger partial charge in [-0.2, -0.15) is 26.6 Å². The van der Waals surface area contributed by atoms with Gasteiger partial charge >= 0.3 is 15.6 Å². The fourth-order valence-corrected chi connectivity index (χ4v) is 1.92. The van der Waals surface area contributed by atoms with Crippen LogP contribution in [0.3, 0.4) is 0 Å². The molecule has 0 saturated carbocycles. The molecular weight excluding hydrogens is 343 g/mol. The lowest BCUT2D eigenvalue weighted by Crippen LogP contribution is -2.29. The highest BCUT2D eigenvalue weighted by Crippen LogP contribution is 2.25. The number of hydrogen-bond acceptors (Lipinski definition) is 7. The van der Waals surface area contributed by atoms with Crippen molar-refractivity contribution in [3.8, 4) is 5.88 Å². The Kier molecular flexibility index (Phi) is 3.85. The number of hydrogen-bond donors (Lipinski definition) is 1. The second kappa shape index (κ2) is 5.16. The largest absolute Gasteiger partial charge is 0.534 e. The summed E-state index contributed by atoms with van der Waals surface area (Å²) in [5.74, 6) is -1.50. The predicted octanol–water partition coefficient (Wildman–Crippen LogP) is 0.545. The number of nitrogens with zero attached hydrogens (tertiary/aromatic N) is 3. The highest BCUT2D eigenvalue weighted by molar-refractivity contribution is 7.87. The maximum absolute atomic E-state index is 12.3. The van der Waals surface area contributed by atoms with Crippen LogP contribution in [0.15, 0.2) is 23.1 Å². The van der Waals surface area contributed by atoms with Gasteiger partial charge in [0.1, 0.15) is 5.60 Å². The first-order valence-electron chi connectivity index (χ1n) is 5.95. The van der Waals surface area contributed by atoms with Crippen LogP contribution < -0.4 is 9.74 Å². The summed E-state index contributed by atoms with van der Waals surface area (Å²) in [6.45, 7) is 2.77. The van der Waals surface area contributed by atoms with E-state index in [1.54, 1.807) is 0 Å². The number of aromatic nitrogens is 3. The van der Waals surface area contributed by atoms with E-state index < -0.39 is 38.4 Å². The number of alkyl halides is 3. The molecule has 12 heteroatoms. The predicted molar refractivity (Wildman–Crippen MR) is 70.1 cm³/mol. The summed E-state index contributed by atoms with van der Waals surface area (Å²) in [4.78, 5) is 19.0. The van der Waals surface area contributed by atoms with Crippen LogP contribution in [0.1, 0.15) is 19.5 Å². The first-order chi connectivity index (χ1) is 10.3. The van der Waals surface area contributed by atoms with Crippen LogP contribution in [0.25, 0.3) is 5.78 Å². The van der Waals surface area contributed by atoms with Gasteiger partial charge in [0.2, 0.25) is 11.7 Å². The fraction of sp³-hybridized carbons (Fsp3) is 0.364. The zero-order valence-electron chi connectivity index (χ0n) is 11.7. The Morgan fingerprint density at radius 2 is 1.87 bits per heavy atom. The zero-order chi connectivity index (χ0) is 17.6.